The Morgan fingerprint density at radius 2 is 1.67 bits per heavy atom. The molecule has 18 nitrogen and oxygen atoms in total. The highest BCUT2D eigenvalue weighted by Crippen LogP contribution is 2.59. The SMILES string of the molecule is CC(C)(C)C(NC(=O)c1cc2cc(C(F)(F)P(=O)(O)O)ccc2s1)C(=O)N1Cc2cc(OCC(=O)NCCCC#Cc3ccc4c(c3)C(=O)N(C3CCC(=O)NC3=O)C4=O)ccc2C[C@H]1C(=O)N1CCC[C@H](c2ccccc2)C1. The van der Waals surface area contributed by atoms with Gasteiger partial charge in [0.2, 0.25) is 23.6 Å². The van der Waals surface area contributed by atoms with Crippen LogP contribution in [0.2, 0.25) is 0 Å². The van der Waals surface area contributed by atoms with Gasteiger partial charge in [0.05, 0.1) is 16.0 Å². The maximum absolute atomic E-state index is 15.2. The van der Waals surface area contributed by atoms with Gasteiger partial charge in [-0.05, 0) is 102 Å². The summed E-state index contributed by atoms with van der Waals surface area (Å²) in [6.07, 6.45) is 2.68. The predicted octanol–water partition coefficient (Wildman–Crippen LogP) is 6.36. The highest BCUT2D eigenvalue weighted by molar-refractivity contribution is 7.52. The van der Waals surface area contributed by atoms with Gasteiger partial charge < -0.3 is 35.0 Å². The molecule has 5 heterocycles. The van der Waals surface area contributed by atoms with Crippen molar-refractivity contribution in [1.29, 1.82) is 0 Å². The van der Waals surface area contributed by atoms with Crippen molar-refractivity contribution in [3.05, 3.63) is 135 Å². The molecule has 5 N–H and O–H groups in total. The lowest BCUT2D eigenvalue weighted by molar-refractivity contribution is -0.150. The average molecular weight is 1120 g/mol. The average Bonchev–Trinajstić information content (AvgIpc) is 4.24. The largest absolute Gasteiger partial charge is 0.484 e. The van der Waals surface area contributed by atoms with Crippen LogP contribution in [0.3, 0.4) is 0 Å². The Kier molecular flexibility index (Phi) is 16.1. The lowest BCUT2D eigenvalue weighted by Gasteiger charge is -2.43. The number of hydrogen-bond acceptors (Lipinski definition) is 11. The number of unbranched alkanes of at least 4 members (excludes halogenated alkanes) is 1. The first kappa shape index (κ1) is 56.1. The number of carbonyl (C=O) groups is 8. The molecule has 5 aromatic rings. The molecule has 2 unspecified atom stereocenters. The van der Waals surface area contributed by atoms with E-state index in [1.165, 1.54) is 29.2 Å². The molecule has 1 aromatic heterocycles. The number of likely N-dealkylation sites (tertiary alicyclic amines) is 1. The first-order chi connectivity index (χ1) is 37.5. The van der Waals surface area contributed by atoms with Crippen LogP contribution in [0.25, 0.3) is 10.1 Å². The standard InChI is InChI=1S/C57H57F2N6O12PS/c1-56(2,3)49(62-51(69)46-29-37-26-39(17-21-45(37)79-46)57(58,59)78(74,75)76)55(73)64-31-38-27-40(18-16-35(38)28-44(64)54(72)63-24-10-14-36(30-63)34-12-7-4-8-13-34)77-32-48(67)60-23-9-5-6-11-33-15-19-41-42(25-33)53(71)65(52(41)70)43-20-22-47(66)61-50(43)68/h4,7-8,12-13,15-19,21,25-27,29,36,43-44,49H,5,9-10,14,20,22-24,28,30-32H2,1-3H3,(H,60,67)(H,62,69)(H,61,66,68)(H2,74,75,76)/t36-,43?,44-,49?/m0/s1. The fraction of sp³-hybridized carbons (Fsp3) is 0.368. The Bertz CT molecular complexity index is 3420. The molecule has 8 amide bonds. The minimum atomic E-state index is -5.86. The second-order valence-electron chi connectivity index (χ2n) is 21.1. The number of thiophene rings is 1. The molecular formula is C57H57F2N6O12PS. The van der Waals surface area contributed by atoms with Gasteiger partial charge in [0.25, 0.3) is 23.6 Å². The third kappa shape index (κ3) is 12.0. The van der Waals surface area contributed by atoms with E-state index < -0.39 is 83.7 Å². The highest BCUT2D eigenvalue weighted by Gasteiger charge is 2.51. The molecule has 412 valence electrons. The molecule has 0 radical (unpaired) electrons. The number of nitrogens with one attached hydrogen (secondary N) is 3. The molecule has 0 spiro atoms. The van der Waals surface area contributed by atoms with Gasteiger partial charge in [-0.25, -0.2) is 0 Å². The number of rotatable bonds is 14. The van der Waals surface area contributed by atoms with Gasteiger partial charge in [0.15, 0.2) is 6.61 Å². The maximum atomic E-state index is 15.2. The lowest BCUT2D eigenvalue weighted by Crippen LogP contribution is -2.61. The van der Waals surface area contributed by atoms with E-state index in [2.05, 4.69) is 27.8 Å². The number of nitrogens with zero attached hydrogens (tertiary/aromatic N) is 3. The van der Waals surface area contributed by atoms with Crippen LogP contribution in [-0.2, 0) is 47.2 Å². The van der Waals surface area contributed by atoms with Crippen molar-refractivity contribution in [2.75, 3.05) is 26.2 Å². The summed E-state index contributed by atoms with van der Waals surface area (Å²) in [5, 5.41) is 7.98. The van der Waals surface area contributed by atoms with Crippen LogP contribution in [0.5, 0.6) is 5.75 Å². The van der Waals surface area contributed by atoms with E-state index in [0.717, 1.165) is 52.3 Å². The molecule has 4 aliphatic heterocycles. The van der Waals surface area contributed by atoms with E-state index in [1.807, 2.05) is 30.3 Å². The van der Waals surface area contributed by atoms with Crippen molar-refractivity contribution in [2.24, 2.45) is 5.41 Å². The molecule has 0 saturated carbocycles. The second kappa shape index (κ2) is 22.6. The van der Waals surface area contributed by atoms with E-state index >= 15 is 4.79 Å². The van der Waals surface area contributed by atoms with Crippen molar-refractivity contribution in [1.82, 2.24) is 30.7 Å². The second-order valence-corrected chi connectivity index (χ2v) is 23.9. The van der Waals surface area contributed by atoms with Crippen LogP contribution in [0.1, 0.15) is 123 Å². The summed E-state index contributed by atoms with van der Waals surface area (Å²) in [5.74, 6) is 2.09. The van der Waals surface area contributed by atoms with E-state index in [1.54, 1.807) is 49.9 Å². The molecule has 0 bridgehead atoms. The fourth-order valence-electron chi connectivity index (χ4n) is 10.3. The summed E-state index contributed by atoms with van der Waals surface area (Å²) in [7, 11) is -5.86. The molecule has 4 atom stereocenters. The van der Waals surface area contributed by atoms with Crippen LogP contribution in [-0.4, -0.2) is 116 Å². The molecule has 4 aliphatic rings. The minimum Gasteiger partial charge on any atom is -0.484 e. The first-order valence-electron chi connectivity index (χ1n) is 25.8. The third-order valence-corrected chi connectivity index (χ3v) is 16.7. The van der Waals surface area contributed by atoms with Crippen LogP contribution in [0.15, 0.2) is 91.0 Å². The van der Waals surface area contributed by atoms with Gasteiger partial charge in [-0.1, -0.05) is 75.1 Å². The number of ether oxygens (including phenoxy) is 1. The number of amides is 8. The molecule has 22 heteroatoms. The summed E-state index contributed by atoms with van der Waals surface area (Å²) in [5.41, 5.74) is -3.01. The van der Waals surface area contributed by atoms with Crippen molar-refractivity contribution in [3.8, 4) is 17.6 Å². The van der Waals surface area contributed by atoms with Crippen LogP contribution in [0.4, 0.5) is 8.78 Å². The van der Waals surface area contributed by atoms with Crippen molar-refractivity contribution < 1.29 is 66.2 Å². The molecule has 2 fully saturated rings. The van der Waals surface area contributed by atoms with Gasteiger partial charge in [-0.2, -0.15) is 8.78 Å². The smallest absolute Gasteiger partial charge is 0.399 e. The van der Waals surface area contributed by atoms with Gasteiger partial charge in [0, 0.05) is 67.2 Å². The van der Waals surface area contributed by atoms with E-state index in [4.69, 9.17) is 4.74 Å². The topological polar surface area (TPSA) is 249 Å². The van der Waals surface area contributed by atoms with Crippen LogP contribution >= 0.6 is 18.9 Å². The summed E-state index contributed by atoms with van der Waals surface area (Å²) in [6.45, 7) is 6.10. The van der Waals surface area contributed by atoms with E-state index in [-0.39, 0.29) is 72.2 Å². The van der Waals surface area contributed by atoms with Crippen molar-refractivity contribution in [3.63, 3.8) is 0 Å². The number of carbonyl (C=O) groups excluding carboxylic acids is 8. The normalized spacial score (nSPS) is 19.0. The van der Waals surface area contributed by atoms with Gasteiger partial charge >= 0.3 is 13.3 Å². The number of halogens is 2. The number of hydrogen-bond donors (Lipinski definition) is 5. The fourth-order valence-corrected chi connectivity index (χ4v) is 11.8. The number of imide groups is 2. The highest BCUT2D eigenvalue weighted by atomic mass is 32.1. The van der Waals surface area contributed by atoms with E-state index in [9.17, 15) is 56.7 Å². The zero-order valence-electron chi connectivity index (χ0n) is 43.4. The predicted molar refractivity (Wildman–Crippen MR) is 286 cm³/mol. The maximum Gasteiger partial charge on any atom is 0.399 e. The summed E-state index contributed by atoms with van der Waals surface area (Å²) in [4.78, 5) is 130. The Morgan fingerprint density at radius 1 is 0.911 bits per heavy atom. The molecule has 0 aliphatic carbocycles. The zero-order valence-corrected chi connectivity index (χ0v) is 45.1. The Labute approximate surface area is 457 Å². The monoisotopic (exact) mass is 1120 g/mol. The van der Waals surface area contributed by atoms with Gasteiger partial charge in [-0.3, -0.25) is 53.1 Å². The molecule has 4 aromatic carbocycles. The van der Waals surface area contributed by atoms with Gasteiger partial charge in [0.1, 0.15) is 23.9 Å². The molecule has 79 heavy (non-hydrogen) atoms. The summed E-state index contributed by atoms with van der Waals surface area (Å²) in [6, 6.07) is 20.8. The van der Waals surface area contributed by atoms with Crippen LogP contribution in [0, 0.1) is 17.3 Å². The van der Waals surface area contributed by atoms with E-state index in [0.29, 0.717) is 47.5 Å². The molecule has 9 rings (SSSR count). The Hall–Kier alpha value is -7.63. The quantitative estimate of drug-likeness (QED) is 0.0353. The molecule has 2 saturated heterocycles. The third-order valence-electron chi connectivity index (χ3n) is 14.6. The van der Waals surface area contributed by atoms with Crippen LogP contribution < -0.4 is 20.7 Å². The van der Waals surface area contributed by atoms with Gasteiger partial charge in [-0.15, -0.1) is 11.3 Å². The zero-order chi connectivity index (χ0) is 56.6. The number of alkyl halides is 2. The number of piperidine rings is 2. The lowest BCUT2D eigenvalue weighted by atomic mass is 9.83. The summed E-state index contributed by atoms with van der Waals surface area (Å²) >= 11 is 0.950. The van der Waals surface area contributed by atoms with Crippen molar-refractivity contribution in [2.45, 2.75) is 102 Å². The molecular weight excluding hydrogens is 1060 g/mol. The number of benzene rings is 4. The first-order valence-corrected chi connectivity index (χ1v) is 28.2. The summed E-state index contributed by atoms with van der Waals surface area (Å²) < 4.78 is 47.2. The minimum absolute atomic E-state index is 0.0108. The van der Waals surface area contributed by atoms with Crippen molar-refractivity contribution >= 4 is 76.3 Å². The Balaban J connectivity index is 0.854. The Morgan fingerprint density at radius 3 is 2.41 bits per heavy atom. The number of fused-ring (bicyclic) bond motifs is 3.